The highest BCUT2D eigenvalue weighted by molar-refractivity contribution is 5.95. The van der Waals surface area contributed by atoms with E-state index in [1.807, 2.05) is 30.3 Å². The van der Waals surface area contributed by atoms with Gasteiger partial charge in [0.25, 0.3) is 0 Å². The van der Waals surface area contributed by atoms with Gasteiger partial charge in [-0.1, -0.05) is 208 Å². The maximum absolute atomic E-state index is 15.4. The zero-order valence-corrected chi connectivity index (χ0v) is 47.5. The van der Waals surface area contributed by atoms with Crippen LogP contribution in [0.15, 0.2) is 152 Å². The quantitative estimate of drug-likeness (QED) is 0.0230. The summed E-state index contributed by atoms with van der Waals surface area (Å²) in [6.45, 7) is 4.49. The van der Waals surface area contributed by atoms with E-state index >= 15 is 8.78 Å². The molecule has 0 unspecified atom stereocenters. The average molecular weight is 1110 g/mol. The second kappa shape index (κ2) is 32.9. The van der Waals surface area contributed by atoms with Gasteiger partial charge in [0.2, 0.25) is 0 Å². The second-order valence-electron chi connectivity index (χ2n) is 21.0. The van der Waals surface area contributed by atoms with Crippen LogP contribution in [0.2, 0.25) is 0 Å². The molecule has 7 rings (SSSR count). The Hall–Kier alpha value is -8.23. The second-order valence-corrected chi connectivity index (χ2v) is 21.0. The van der Waals surface area contributed by atoms with E-state index < -0.39 is 52.2 Å². The van der Waals surface area contributed by atoms with E-state index in [-0.39, 0.29) is 34.1 Å². The fraction of sp³-hybridized carbons (Fsp3) is 0.338. The molecule has 9 nitrogen and oxygen atoms in total. The van der Waals surface area contributed by atoms with Gasteiger partial charge in [-0.05, 0) is 120 Å². The molecule has 0 radical (unpaired) electrons. The van der Waals surface area contributed by atoms with Crippen LogP contribution >= 0.6 is 0 Å². The van der Waals surface area contributed by atoms with E-state index in [4.69, 9.17) is 18.9 Å². The van der Waals surface area contributed by atoms with Crippen molar-refractivity contribution in [3.05, 3.63) is 202 Å². The highest BCUT2D eigenvalue weighted by atomic mass is 19.1. The lowest BCUT2D eigenvalue weighted by atomic mass is 10.00. The first-order chi connectivity index (χ1) is 40.0. The van der Waals surface area contributed by atoms with Crippen molar-refractivity contribution in [2.45, 2.75) is 155 Å². The van der Waals surface area contributed by atoms with Crippen LogP contribution in [0.25, 0.3) is 22.3 Å². The van der Waals surface area contributed by atoms with Crippen molar-refractivity contribution >= 4 is 23.9 Å². The molecule has 0 aliphatic carbocycles. The minimum Gasteiger partial charge on any atom is -0.423 e. The lowest BCUT2D eigenvalue weighted by Gasteiger charge is -2.12. The van der Waals surface area contributed by atoms with E-state index in [1.54, 1.807) is 24.3 Å². The van der Waals surface area contributed by atoms with Gasteiger partial charge in [-0.15, -0.1) is 0 Å². The van der Waals surface area contributed by atoms with E-state index in [0.29, 0.717) is 0 Å². The van der Waals surface area contributed by atoms with Crippen molar-refractivity contribution in [3.63, 3.8) is 0 Å². The van der Waals surface area contributed by atoms with Crippen LogP contribution in [-0.2, 0) is 12.8 Å². The van der Waals surface area contributed by atoms with Crippen molar-refractivity contribution < 1.29 is 46.9 Å². The normalized spacial score (nSPS) is 11.0. The van der Waals surface area contributed by atoms with Crippen LogP contribution in [-0.4, -0.2) is 23.9 Å². The fourth-order valence-corrected chi connectivity index (χ4v) is 9.84. The Labute approximate surface area is 482 Å². The van der Waals surface area contributed by atoms with Gasteiger partial charge in [0.1, 0.15) is 34.8 Å². The van der Waals surface area contributed by atoms with Gasteiger partial charge in [-0.25, -0.2) is 28.0 Å². The summed E-state index contributed by atoms with van der Waals surface area (Å²) in [5.41, 5.74) is 5.42. The van der Waals surface area contributed by atoms with Gasteiger partial charge in [0.05, 0.1) is 22.3 Å². The molecule has 0 fully saturated rings. The number of benzene rings is 7. The first kappa shape index (κ1) is 61.4. The number of aryl methyl sites for hydroxylation is 2. The number of rotatable bonds is 32. The van der Waals surface area contributed by atoms with E-state index in [0.717, 1.165) is 59.4 Å². The molecule has 0 amide bonds. The summed E-state index contributed by atoms with van der Waals surface area (Å²) in [7, 11) is 0. The van der Waals surface area contributed by atoms with E-state index in [2.05, 4.69) is 62.4 Å². The molecule has 0 bridgehead atoms. The van der Waals surface area contributed by atoms with Crippen molar-refractivity contribution in [2.75, 3.05) is 0 Å². The van der Waals surface area contributed by atoms with Crippen molar-refractivity contribution in [1.82, 2.24) is 0 Å². The van der Waals surface area contributed by atoms with Crippen LogP contribution in [0.3, 0.4) is 0 Å². The maximum atomic E-state index is 15.4. The smallest absolute Gasteiger partial charge is 0.346 e. The lowest BCUT2D eigenvalue weighted by molar-refractivity contribution is 0.0720. The fourth-order valence-electron chi connectivity index (χ4n) is 9.84. The summed E-state index contributed by atoms with van der Waals surface area (Å²) in [5, 5.41) is 10.0. The number of nitrogens with zero attached hydrogens (tertiary/aromatic N) is 1. The summed E-state index contributed by atoms with van der Waals surface area (Å²) < 4.78 is 52.4. The molecule has 0 N–H and O–H groups in total. The number of nitriles is 1. The summed E-state index contributed by atoms with van der Waals surface area (Å²) in [6, 6.07) is 42.5. The van der Waals surface area contributed by atoms with Gasteiger partial charge >= 0.3 is 23.9 Å². The third kappa shape index (κ3) is 18.9. The molecule has 0 spiro atoms. The summed E-state index contributed by atoms with van der Waals surface area (Å²) in [6.07, 6.45) is 28.1. The Morgan fingerprint density at radius 2 is 0.695 bits per heavy atom. The third-order valence-corrected chi connectivity index (χ3v) is 14.7. The molecule has 82 heavy (non-hydrogen) atoms. The Balaban J connectivity index is 0.849. The Morgan fingerprint density at radius 1 is 0.378 bits per heavy atom. The Bertz CT molecular complexity index is 3010. The minimum absolute atomic E-state index is 0.164. The molecule has 426 valence electrons. The van der Waals surface area contributed by atoms with Gasteiger partial charge in [-0.2, -0.15) is 5.26 Å². The van der Waals surface area contributed by atoms with Crippen LogP contribution in [0.5, 0.6) is 23.0 Å². The number of unbranched alkanes of at least 4 members (excludes halogenated alkanes) is 18. The molecular weight excluding hydrogens is 1030 g/mol. The maximum Gasteiger partial charge on any atom is 0.346 e. The number of carbonyl (C=O) groups is 4. The van der Waals surface area contributed by atoms with Crippen LogP contribution < -0.4 is 18.9 Å². The Kier molecular flexibility index (Phi) is 24.6. The lowest BCUT2D eigenvalue weighted by Crippen LogP contribution is -2.15. The van der Waals surface area contributed by atoms with Gasteiger partial charge in [0.15, 0.2) is 11.5 Å². The van der Waals surface area contributed by atoms with Gasteiger partial charge in [-0.3, -0.25) is 0 Å². The molecule has 0 atom stereocenters. The van der Waals surface area contributed by atoms with Gasteiger partial charge < -0.3 is 18.9 Å². The number of hydrogen-bond acceptors (Lipinski definition) is 9. The molecule has 0 heterocycles. The predicted molar refractivity (Wildman–Crippen MR) is 319 cm³/mol. The number of ether oxygens (including phenoxy) is 4. The van der Waals surface area contributed by atoms with Crippen molar-refractivity contribution in [2.24, 2.45) is 0 Å². The van der Waals surface area contributed by atoms with Crippen LogP contribution in [0, 0.1) is 23.0 Å². The number of hydrogen-bond donors (Lipinski definition) is 0. The minimum atomic E-state index is -1.20. The summed E-state index contributed by atoms with van der Waals surface area (Å²) >= 11 is 0. The molecule has 0 aliphatic rings. The largest absolute Gasteiger partial charge is 0.423 e. The zero-order chi connectivity index (χ0) is 57.9. The summed E-state index contributed by atoms with van der Waals surface area (Å²) in [5.74, 6) is -7.10. The first-order valence-electron chi connectivity index (χ1n) is 29.4. The van der Waals surface area contributed by atoms with Crippen LogP contribution in [0.4, 0.5) is 8.78 Å². The van der Waals surface area contributed by atoms with Crippen LogP contribution in [0.1, 0.15) is 200 Å². The van der Waals surface area contributed by atoms with E-state index in [1.165, 1.54) is 170 Å². The molecule has 0 saturated heterocycles. The Morgan fingerprint density at radius 3 is 1.01 bits per heavy atom. The number of halogens is 2. The average Bonchev–Trinajstić information content (AvgIpc) is 3.54. The highest BCUT2D eigenvalue weighted by Crippen LogP contribution is 2.31. The molecule has 11 heteroatoms. The van der Waals surface area contributed by atoms with Crippen molar-refractivity contribution in [1.29, 1.82) is 5.26 Å². The van der Waals surface area contributed by atoms with E-state index in [9.17, 15) is 24.4 Å². The molecule has 0 aliphatic heterocycles. The van der Waals surface area contributed by atoms with Gasteiger partial charge in [0, 0.05) is 12.1 Å². The topological polar surface area (TPSA) is 129 Å². The molecule has 7 aromatic rings. The molecule has 7 aromatic carbocycles. The first-order valence-corrected chi connectivity index (χ1v) is 29.4. The monoisotopic (exact) mass is 1110 g/mol. The van der Waals surface area contributed by atoms with Crippen molar-refractivity contribution in [3.8, 4) is 51.3 Å². The molecular formula is C71H75F2NO8. The predicted octanol–water partition coefficient (Wildman–Crippen LogP) is 19.0. The standard InChI is InChI=1S/C71H75F2NO8/c1-3-5-7-9-11-13-15-17-19-21-24-51-28-32-53(33-29-51)55-36-40-57(41-37-55)68(75)79-59-44-46-61(64(72)48-59)70(77)81-66-26-23-27-67(63(66)50-74)82-71(78)62-47-45-60(49-65(62)73)80-69(76)58-42-38-56(39-43-58)54-34-30-52(31-35-54)25-22-20-18-16-14-12-10-8-6-4-2/h23,26-49H,3-22,24-25H2,1-2H3. The number of esters is 4. The summed E-state index contributed by atoms with van der Waals surface area (Å²) in [4.78, 5) is 52.6. The number of carbonyl (C=O) groups excluding carboxylic acids is 4. The molecule has 0 saturated carbocycles. The zero-order valence-electron chi connectivity index (χ0n) is 47.5. The highest BCUT2D eigenvalue weighted by Gasteiger charge is 2.23. The molecule has 0 aromatic heterocycles. The third-order valence-electron chi connectivity index (χ3n) is 14.7. The SMILES string of the molecule is CCCCCCCCCCCCc1ccc(-c2ccc(C(=O)Oc3ccc(C(=O)Oc4cccc(OC(=O)c5ccc(OC(=O)c6ccc(-c7ccc(CCCCCCCCCCCC)cc7)cc6)cc5F)c4C#N)c(F)c3)cc2)cc1.